The molecule has 212 valence electrons. The Bertz CT molecular complexity index is 1270. The third-order valence-corrected chi connectivity index (χ3v) is 8.92. The molecule has 2 saturated carbocycles. The molecule has 0 saturated heterocycles. The van der Waals surface area contributed by atoms with Gasteiger partial charge >= 0.3 is 0 Å². The lowest BCUT2D eigenvalue weighted by Crippen LogP contribution is -2.55. The molecule has 0 bridgehead atoms. The zero-order chi connectivity index (χ0) is 28.9. The maximum Gasteiger partial charge on any atom is 0.258 e. The SMILES string of the molecule is Cc1cc(-c2scnc2C)ccc1CN(C)C(=O)C1C(C(=O)C(NC(=O)C2(F)CC2)C(C)(C)C)C[C@H](O)[C@@H]1F. The van der Waals surface area contributed by atoms with E-state index in [1.54, 1.807) is 44.7 Å². The Morgan fingerprint density at radius 2 is 1.92 bits per heavy atom. The van der Waals surface area contributed by atoms with Gasteiger partial charge in [0.15, 0.2) is 11.5 Å². The third-order valence-electron chi connectivity index (χ3n) is 7.95. The summed E-state index contributed by atoms with van der Waals surface area (Å²) in [6.07, 6.45) is -3.48. The Labute approximate surface area is 232 Å². The number of Topliss-reactive ketones (excluding diaryl/α,β-unsaturated/α-hetero) is 1. The smallest absolute Gasteiger partial charge is 0.258 e. The van der Waals surface area contributed by atoms with Gasteiger partial charge in [-0.05, 0) is 55.2 Å². The number of aromatic nitrogens is 1. The molecule has 2 amide bonds. The molecule has 10 heteroatoms. The van der Waals surface area contributed by atoms with E-state index in [4.69, 9.17) is 0 Å². The number of amides is 2. The predicted octanol–water partition coefficient (Wildman–Crippen LogP) is 4.32. The van der Waals surface area contributed by atoms with E-state index in [0.717, 1.165) is 27.3 Å². The number of halogens is 2. The van der Waals surface area contributed by atoms with Crippen molar-refractivity contribution in [2.24, 2.45) is 17.3 Å². The highest BCUT2D eigenvalue weighted by Crippen LogP contribution is 2.42. The van der Waals surface area contributed by atoms with Crippen LogP contribution in [0.2, 0.25) is 0 Å². The highest BCUT2D eigenvalue weighted by Gasteiger charge is 2.56. The van der Waals surface area contributed by atoms with Crippen molar-refractivity contribution in [2.75, 3.05) is 7.05 Å². The second-order valence-corrected chi connectivity index (χ2v) is 13.0. The van der Waals surface area contributed by atoms with Crippen molar-refractivity contribution in [3.05, 3.63) is 40.5 Å². The zero-order valence-corrected chi connectivity index (χ0v) is 24.1. The fourth-order valence-corrected chi connectivity index (χ4v) is 6.11. The number of carbonyl (C=O) groups is 3. The summed E-state index contributed by atoms with van der Waals surface area (Å²) in [5.74, 6) is -4.58. The minimum Gasteiger partial charge on any atom is -0.390 e. The summed E-state index contributed by atoms with van der Waals surface area (Å²) < 4.78 is 29.7. The van der Waals surface area contributed by atoms with E-state index in [-0.39, 0.29) is 25.8 Å². The summed E-state index contributed by atoms with van der Waals surface area (Å²) in [4.78, 5) is 46.5. The van der Waals surface area contributed by atoms with Crippen LogP contribution in [0.3, 0.4) is 0 Å². The summed E-state index contributed by atoms with van der Waals surface area (Å²) in [5.41, 5.74) is 2.77. The number of hydrogen-bond acceptors (Lipinski definition) is 6. The molecule has 1 heterocycles. The van der Waals surface area contributed by atoms with Crippen LogP contribution in [0.4, 0.5) is 8.78 Å². The van der Waals surface area contributed by atoms with Crippen molar-refractivity contribution in [2.45, 2.75) is 84.4 Å². The average molecular weight is 562 g/mol. The van der Waals surface area contributed by atoms with Crippen molar-refractivity contribution < 1.29 is 28.3 Å². The van der Waals surface area contributed by atoms with E-state index < -0.39 is 58.8 Å². The number of nitrogens with zero attached hydrogens (tertiary/aromatic N) is 2. The Balaban J connectivity index is 1.53. The van der Waals surface area contributed by atoms with Gasteiger partial charge in [-0.3, -0.25) is 14.4 Å². The number of rotatable bonds is 8. The zero-order valence-electron chi connectivity index (χ0n) is 23.3. The monoisotopic (exact) mass is 561 g/mol. The molecule has 39 heavy (non-hydrogen) atoms. The number of aliphatic hydroxyl groups excluding tert-OH is 1. The van der Waals surface area contributed by atoms with Gasteiger partial charge in [0.1, 0.15) is 6.17 Å². The second-order valence-electron chi connectivity index (χ2n) is 12.1. The number of nitrogens with one attached hydrogen (secondary N) is 1. The van der Waals surface area contributed by atoms with Crippen LogP contribution in [0.5, 0.6) is 0 Å². The maximum atomic E-state index is 15.3. The molecule has 2 fully saturated rings. The van der Waals surface area contributed by atoms with Crippen LogP contribution < -0.4 is 5.32 Å². The molecular formula is C29H37F2N3O4S. The number of ketones is 1. The van der Waals surface area contributed by atoms with E-state index >= 15 is 4.39 Å². The molecule has 0 aliphatic heterocycles. The van der Waals surface area contributed by atoms with Gasteiger partial charge in [0.2, 0.25) is 5.91 Å². The Morgan fingerprint density at radius 3 is 2.46 bits per heavy atom. The lowest BCUT2D eigenvalue weighted by molar-refractivity contribution is -0.144. The lowest BCUT2D eigenvalue weighted by Gasteiger charge is -2.34. The van der Waals surface area contributed by atoms with E-state index in [0.29, 0.717) is 0 Å². The molecule has 2 aromatic rings. The second kappa shape index (κ2) is 10.7. The molecule has 0 radical (unpaired) electrons. The van der Waals surface area contributed by atoms with Crippen LogP contribution in [0.25, 0.3) is 10.4 Å². The van der Waals surface area contributed by atoms with Gasteiger partial charge in [0.05, 0.1) is 34.1 Å². The summed E-state index contributed by atoms with van der Waals surface area (Å²) in [6.45, 7) is 9.22. The van der Waals surface area contributed by atoms with Crippen LogP contribution >= 0.6 is 11.3 Å². The summed E-state index contributed by atoms with van der Waals surface area (Å²) in [5, 5.41) is 12.9. The molecular weight excluding hydrogens is 524 g/mol. The van der Waals surface area contributed by atoms with Gasteiger partial charge in [-0.15, -0.1) is 11.3 Å². The molecule has 1 aromatic heterocycles. The first-order valence-corrected chi connectivity index (χ1v) is 14.1. The Hall–Kier alpha value is -2.72. The minimum absolute atomic E-state index is 0.0920. The molecule has 4 rings (SSSR count). The van der Waals surface area contributed by atoms with Crippen LogP contribution in [0, 0.1) is 31.1 Å². The minimum atomic E-state index is -1.98. The van der Waals surface area contributed by atoms with E-state index in [2.05, 4.69) is 10.3 Å². The van der Waals surface area contributed by atoms with Crippen LogP contribution in [0.1, 0.15) is 56.9 Å². The number of alkyl halides is 2. The first-order valence-electron chi connectivity index (χ1n) is 13.2. The number of hydrogen-bond donors (Lipinski definition) is 2. The normalized spacial score (nSPS) is 24.7. The van der Waals surface area contributed by atoms with Gasteiger partial charge < -0.3 is 15.3 Å². The van der Waals surface area contributed by atoms with E-state index in [9.17, 15) is 23.9 Å². The fraction of sp³-hybridized carbons (Fsp3) is 0.586. The molecule has 2 N–H and O–H groups in total. The molecule has 0 spiro atoms. The Kier molecular flexibility index (Phi) is 8.02. The first-order chi connectivity index (χ1) is 18.1. The first kappa shape index (κ1) is 29.3. The van der Waals surface area contributed by atoms with Crippen LogP contribution in [-0.2, 0) is 20.9 Å². The maximum absolute atomic E-state index is 15.3. The highest BCUT2D eigenvalue weighted by molar-refractivity contribution is 7.13. The topological polar surface area (TPSA) is 99.6 Å². The van der Waals surface area contributed by atoms with Gasteiger partial charge in [-0.1, -0.05) is 39.0 Å². The molecule has 1 aromatic carbocycles. The van der Waals surface area contributed by atoms with Gasteiger partial charge in [0, 0.05) is 19.5 Å². The van der Waals surface area contributed by atoms with Crippen LogP contribution in [-0.4, -0.2) is 63.6 Å². The van der Waals surface area contributed by atoms with E-state index in [1.165, 1.54) is 4.90 Å². The van der Waals surface area contributed by atoms with Crippen molar-refractivity contribution in [3.8, 4) is 10.4 Å². The van der Waals surface area contributed by atoms with Crippen molar-refractivity contribution in [1.82, 2.24) is 15.2 Å². The van der Waals surface area contributed by atoms with E-state index in [1.807, 2.05) is 32.0 Å². The quantitative estimate of drug-likeness (QED) is 0.500. The Morgan fingerprint density at radius 1 is 1.26 bits per heavy atom. The predicted molar refractivity (Wildman–Crippen MR) is 145 cm³/mol. The number of carbonyl (C=O) groups excluding carboxylic acids is 3. The molecule has 5 atom stereocenters. The van der Waals surface area contributed by atoms with Gasteiger partial charge in [-0.2, -0.15) is 0 Å². The molecule has 3 unspecified atom stereocenters. The number of aryl methyl sites for hydroxylation is 2. The summed E-state index contributed by atoms with van der Waals surface area (Å²) in [7, 11) is 1.55. The average Bonchev–Trinajstić information content (AvgIpc) is 3.35. The fourth-order valence-electron chi connectivity index (χ4n) is 5.31. The number of aliphatic hydroxyl groups is 1. The number of benzene rings is 1. The van der Waals surface area contributed by atoms with Crippen LogP contribution in [0.15, 0.2) is 23.7 Å². The number of thiazole rings is 1. The summed E-state index contributed by atoms with van der Waals surface area (Å²) in [6, 6.07) is 4.76. The largest absolute Gasteiger partial charge is 0.390 e. The van der Waals surface area contributed by atoms with Gasteiger partial charge in [0.25, 0.3) is 5.91 Å². The van der Waals surface area contributed by atoms with Gasteiger partial charge in [-0.25, -0.2) is 13.8 Å². The lowest BCUT2D eigenvalue weighted by atomic mass is 9.77. The van der Waals surface area contributed by atoms with Crippen molar-refractivity contribution >= 4 is 28.9 Å². The third kappa shape index (κ3) is 5.91. The molecule has 7 nitrogen and oxygen atoms in total. The van der Waals surface area contributed by atoms with Crippen molar-refractivity contribution in [1.29, 1.82) is 0 Å². The molecule has 2 aliphatic rings. The standard InChI is InChI=1S/C29H37F2N3O4S/c1-15-11-17(24-16(2)32-14-39-24)7-8-18(15)13-34(6)26(37)21-19(12-20(35)22(21)30)23(36)25(28(3,4)5)33-27(38)29(31)9-10-29/h7-8,11,14,19-22,25,35H,9-10,12-13H2,1-6H3,(H,33,38)/t19?,20-,21?,22-,25?/m0/s1. The summed E-state index contributed by atoms with van der Waals surface area (Å²) >= 11 is 1.55. The highest BCUT2D eigenvalue weighted by atomic mass is 32.1. The molecule has 2 aliphatic carbocycles. The van der Waals surface area contributed by atoms with Crippen molar-refractivity contribution in [3.63, 3.8) is 0 Å².